The van der Waals surface area contributed by atoms with Crippen molar-refractivity contribution in [1.29, 1.82) is 0 Å². The minimum atomic E-state index is -0.163. The van der Waals surface area contributed by atoms with Gasteiger partial charge in [-0.15, -0.1) is 0 Å². The lowest BCUT2D eigenvalue weighted by molar-refractivity contribution is 0.370. The van der Waals surface area contributed by atoms with E-state index in [1.54, 1.807) is 0 Å². The maximum Gasteiger partial charge on any atom is 0.149 e. The highest BCUT2D eigenvalue weighted by Crippen LogP contribution is 2.38. The van der Waals surface area contributed by atoms with Gasteiger partial charge in [0, 0.05) is 35.9 Å². The van der Waals surface area contributed by atoms with Crippen molar-refractivity contribution < 1.29 is 0 Å². The van der Waals surface area contributed by atoms with Gasteiger partial charge in [-0.3, -0.25) is 4.90 Å². The molecule has 6 rings (SSSR count). The molecule has 46 heavy (non-hydrogen) atoms. The second-order valence-corrected chi connectivity index (χ2v) is 13.6. The maximum absolute atomic E-state index is 4.93. The Morgan fingerprint density at radius 3 is 1.11 bits per heavy atom. The normalized spacial score (nSPS) is 36.7. The second-order valence-electron chi connectivity index (χ2n) is 13.6. The van der Waals surface area contributed by atoms with Crippen LogP contribution in [0, 0.1) is 34.0 Å². The predicted octanol–water partition coefficient (Wildman–Crippen LogP) is 7.69. The zero-order valence-electron chi connectivity index (χ0n) is 27.9. The van der Waals surface area contributed by atoms with E-state index in [9.17, 15) is 0 Å². The minimum absolute atomic E-state index is 0.163. The van der Waals surface area contributed by atoms with E-state index in [2.05, 4.69) is 153 Å². The molecule has 0 aromatic heterocycles. The first-order valence-electron chi connectivity index (χ1n) is 16.4. The first-order valence-corrected chi connectivity index (χ1v) is 16.4. The molecule has 0 saturated carbocycles. The highest BCUT2D eigenvalue weighted by Gasteiger charge is 2.36. The SMILES string of the molecule is CC1C=CC=CC1(C)C1=NC(=CCN(CC=C2N=CC(C3(C)C=CC=CC3C)=N2)CC=C2N=CC(C3(C)C=CC=CC3C)=N2)N=C1. The first kappa shape index (κ1) is 31.6. The van der Waals surface area contributed by atoms with Gasteiger partial charge in [0.2, 0.25) is 0 Å². The molecule has 236 valence electrons. The number of allylic oxidation sites excluding steroid dienone is 12. The molecule has 0 aromatic rings. The van der Waals surface area contributed by atoms with E-state index in [0.29, 0.717) is 37.4 Å². The van der Waals surface area contributed by atoms with Crippen LogP contribution in [-0.4, -0.2) is 60.3 Å². The average Bonchev–Trinajstić information content (AvgIpc) is 3.83. The number of hydrogen-bond donors (Lipinski definition) is 0. The molecule has 0 aromatic carbocycles. The number of nitrogens with zero attached hydrogens (tertiary/aromatic N) is 7. The molecule has 3 aliphatic heterocycles. The van der Waals surface area contributed by atoms with Gasteiger partial charge < -0.3 is 0 Å². The molecule has 3 aliphatic carbocycles. The molecular formula is C39H45N7. The standard InChI is InChI=1S/C39H45N7/c1-28-13-7-10-19-37(28,4)31-25-40-34(43-31)16-22-46(23-17-35-41-26-32(44-35)38(5)20-11-8-14-29(38)2)24-18-36-42-27-33(45-36)39(6)21-12-9-15-30(39)3/h7-21,25-30H,22-24H2,1-6H3. The summed E-state index contributed by atoms with van der Waals surface area (Å²) in [5.74, 6) is 3.28. The Morgan fingerprint density at radius 1 is 0.522 bits per heavy atom. The van der Waals surface area contributed by atoms with Crippen LogP contribution in [0.15, 0.2) is 139 Å². The van der Waals surface area contributed by atoms with Crippen molar-refractivity contribution >= 4 is 35.8 Å². The largest absolute Gasteiger partial charge is 0.292 e. The molecule has 0 radical (unpaired) electrons. The molecule has 7 nitrogen and oxygen atoms in total. The third-order valence-electron chi connectivity index (χ3n) is 10.6. The summed E-state index contributed by atoms with van der Waals surface area (Å²) in [6.07, 6.45) is 38.0. The van der Waals surface area contributed by atoms with Crippen molar-refractivity contribution in [3.05, 3.63) is 109 Å². The van der Waals surface area contributed by atoms with Crippen LogP contribution >= 0.6 is 0 Å². The van der Waals surface area contributed by atoms with E-state index in [1.165, 1.54) is 0 Å². The second kappa shape index (κ2) is 12.8. The van der Waals surface area contributed by atoms with E-state index >= 15 is 0 Å². The maximum atomic E-state index is 4.93. The molecule has 0 amide bonds. The van der Waals surface area contributed by atoms with Gasteiger partial charge in [-0.1, -0.05) is 93.7 Å². The van der Waals surface area contributed by atoms with Gasteiger partial charge >= 0.3 is 0 Å². The van der Waals surface area contributed by atoms with E-state index in [-0.39, 0.29) is 16.2 Å². The Hall–Kier alpha value is -4.36. The van der Waals surface area contributed by atoms with Crippen LogP contribution in [0.3, 0.4) is 0 Å². The van der Waals surface area contributed by atoms with Crippen molar-refractivity contribution in [3.8, 4) is 0 Å². The van der Waals surface area contributed by atoms with E-state index < -0.39 is 0 Å². The summed E-state index contributed by atoms with van der Waals surface area (Å²) >= 11 is 0. The molecule has 7 heteroatoms. The van der Waals surface area contributed by atoms with Gasteiger partial charge in [0.25, 0.3) is 0 Å². The summed E-state index contributed by atoms with van der Waals surface area (Å²) in [5, 5.41) is 0. The van der Waals surface area contributed by atoms with Gasteiger partial charge in [0.1, 0.15) is 17.5 Å². The molecule has 0 saturated heterocycles. The number of hydrogen-bond acceptors (Lipinski definition) is 7. The van der Waals surface area contributed by atoms with Crippen molar-refractivity contribution in [1.82, 2.24) is 4.90 Å². The topological polar surface area (TPSA) is 77.4 Å². The van der Waals surface area contributed by atoms with Gasteiger partial charge in [-0.05, 0) is 56.8 Å². The zero-order chi connectivity index (χ0) is 32.4. The summed E-state index contributed by atoms with van der Waals surface area (Å²) in [5.41, 5.74) is 2.50. The number of rotatable bonds is 9. The Bertz CT molecular complexity index is 1510. The summed E-state index contributed by atoms with van der Waals surface area (Å²) in [6.45, 7) is 15.3. The molecular weight excluding hydrogens is 566 g/mol. The van der Waals surface area contributed by atoms with Gasteiger partial charge in [0.15, 0.2) is 0 Å². The van der Waals surface area contributed by atoms with Crippen molar-refractivity contribution in [3.63, 3.8) is 0 Å². The van der Waals surface area contributed by atoms with Crippen molar-refractivity contribution in [2.75, 3.05) is 19.6 Å². The fourth-order valence-electron chi connectivity index (χ4n) is 6.32. The third-order valence-corrected chi connectivity index (χ3v) is 10.6. The van der Waals surface area contributed by atoms with Crippen LogP contribution in [0.5, 0.6) is 0 Å². The molecule has 6 atom stereocenters. The summed E-state index contributed by atoms with van der Waals surface area (Å²) in [7, 11) is 0. The first-order chi connectivity index (χ1) is 22.1. The summed E-state index contributed by atoms with van der Waals surface area (Å²) < 4.78 is 0. The van der Waals surface area contributed by atoms with Crippen LogP contribution in [0.2, 0.25) is 0 Å². The smallest absolute Gasteiger partial charge is 0.149 e. The Morgan fingerprint density at radius 2 is 0.826 bits per heavy atom. The lowest BCUT2D eigenvalue weighted by Gasteiger charge is -2.31. The molecule has 0 spiro atoms. The minimum Gasteiger partial charge on any atom is -0.292 e. The highest BCUT2D eigenvalue weighted by molar-refractivity contribution is 6.36. The van der Waals surface area contributed by atoms with Gasteiger partial charge in [-0.2, -0.15) is 0 Å². The lowest BCUT2D eigenvalue weighted by Crippen LogP contribution is -2.33. The Kier molecular flexibility index (Phi) is 8.80. The predicted molar refractivity (Wildman–Crippen MR) is 195 cm³/mol. The zero-order valence-corrected chi connectivity index (χ0v) is 27.9. The van der Waals surface area contributed by atoms with Crippen LogP contribution in [-0.2, 0) is 0 Å². The van der Waals surface area contributed by atoms with Crippen molar-refractivity contribution in [2.24, 2.45) is 64.0 Å². The molecule has 0 fully saturated rings. The Balaban J connectivity index is 1.20. The fraction of sp³-hybridized carbons (Fsp3) is 0.385. The summed E-state index contributed by atoms with van der Waals surface area (Å²) in [4.78, 5) is 31.1. The molecule has 6 unspecified atom stereocenters. The van der Waals surface area contributed by atoms with E-state index in [1.807, 2.05) is 18.6 Å². The molecule has 0 N–H and O–H groups in total. The average molecular weight is 612 g/mol. The molecule has 6 aliphatic rings. The van der Waals surface area contributed by atoms with Gasteiger partial charge in [0.05, 0.1) is 35.8 Å². The van der Waals surface area contributed by atoms with Crippen LogP contribution in [0.4, 0.5) is 0 Å². The molecule has 3 heterocycles. The monoisotopic (exact) mass is 611 g/mol. The summed E-state index contributed by atoms with van der Waals surface area (Å²) in [6, 6.07) is 0. The Labute approximate surface area is 273 Å². The fourth-order valence-corrected chi connectivity index (χ4v) is 6.32. The number of aliphatic imine (C=N–C) groups is 6. The van der Waals surface area contributed by atoms with Crippen LogP contribution < -0.4 is 0 Å². The lowest BCUT2D eigenvalue weighted by atomic mass is 9.72. The van der Waals surface area contributed by atoms with E-state index in [4.69, 9.17) is 15.0 Å². The quantitative estimate of drug-likeness (QED) is 0.263. The van der Waals surface area contributed by atoms with Crippen LogP contribution in [0.1, 0.15) is 41.5 Å². The van der Waals surface area contributed by atoms with Gasteiger partial charge in [-0.25, -0.2) is 30.0 Å². The van der Waals surface area contributed by atoms with Crippen LogP contribution in [0.25, 0.3) is 0 Å². The van der Waals surface area contributed by atoms with E-state index in [0.717, 1.165) is 34.6 Å². The third kappa shape index (κ3) is 6.21. The highest BCUT2D eigenvalue weighted by atomic mass is 15.1. The molecule has 0 bridgehead atoms. The van der Waals surface area contributed by atoms with Crippen molar-refractivity contribution in [2.45, 2.75) is 41.5 Å².